The minimum absolute atomic E-state index is 0.0212. The van der Waals surface area contributed by atoms with E-state index in [0.29, 0.717) is 24.5 Å². The first-order valence-electron chi connectivity index (χ1n) is 13.5. The van der Waals surface area contributed by atoms with Gasteiger partial charge in [-0.1, -0.05) is 92.1 Å². The summed E-state index contributed by atoms with van der Waals surface area (Å²) in [6.45, 7) is 0.401. The Balaban J connectivity index is 1.52. The zero-order valence-corrected chi connectivity index (χ0v) is 23.0. The molecule has 0 spiro atoms. The molecule has 1 N–H and O–H groups in total. The van der Waals surface area contributed by atoms with Crippen molar-refractivity contribution >= 4 is 23.6 Å². The number of rotatable bonds is 12. The molecule has 3 aromatic rings. The number of methoxy groups -OCH3 is 1. The SMILES string of the molecule is COc1ccc(CSCC(=O)N(Cc2ccccc2)[C@H](Cc2ccccc2)C(=O)NC2CCCCC2)cc1. The van der Waals surface area contributed by atoms with Gasteiger partial charge in [-0.15, -0.1) is 11.8 Å². The molecule has 200 valence electrons. The Hall–Kier alpha value is -3.25. The fourth-order valence-corrected chi connectivity index (χ4v) is 5.81. The Bertz CT molecular complexity index is 1130. The van der Waals surface area contributed by atoms with Crippen molar-refractivity contribution in [2.24, 2.45) is 0 Å². The molecule has 1 aliphatic rings. The summed E-state index contributed by atoms with van der Waals surface area (Å²) in [4.78, 5) is 29.3. The highest BCUT2D eigenvalue weighted by Crippen LogP contribution is 2.22. The van der Waals surface area contributed by atoms with Gasteiger partial charge in [-0.05, 0) is 41.7 Å². The molecule has 2 amide bonds. The van der Waals surface area contributed by atoms with Gasteiger partial charge in [0.05, 0.1) is 12.9 Å². The molecule has 1 saturated carbocycles. The lowest BCUT2D eigenvalue weighted by molar-refractivity contribution is -0.139. The molecule has 0 unspecified atom stereocenters. The van der Waals surface area contributed by atoms with Crippen LogP contribution in [0.15, 0.2) is 84.9 Å². The molecule has 0 aliphatic heterocycles. The molecule has 0 aromatic heterocycles. The van der Waals surface area contributed by atoms with Gasteiger partial charge in [-0.3, -0.25) is 9.59 Å². The number of amides is 2. The number of ether oxygens (including phenoxy) is 1. The molecule has 1 aliphatic carbocycles. The van der Waals surface area contributed by atoms with Crippen molar-refractivity contribution in [2.45, 2.75) is 62.9 Å². The van der Waals surface area contributed by atoms with Gasteiger partial charge in [0.2, 0.25) is 11.8 Å². The van der Waals surface area contributed by atoms with E-state index in [9.17, 15) is 9.59 Å². The van der Waals surface area contributed by atoms with E-state index in [2.05, 4.69) is 5.32 Å². The molecule has 38 heavy (non-hydrogen) atoms. The van der Waals surface area contributed by atoms with Gasteiger partial charge in [-0.2, -0.15) is 0 Å². The van der Waals surface area contributed by atoms with Crippen LogP contribution in [-0.4, -0.2) is 41.7 Å². The molecule has 4 rings (SSSR count). The molecule has 1 fully saturated rings. The summed E-state index contributed by atoms with van der Waals surface area (Å²) in [5.74, 6) is 1.77. The number of nitrogens with one attached hydrogen (secondary N) is 1. The molecule has 0 bridgehead atoms. The zero-order chi connectivity index (χ0) is 26.6. The van der Waals surface area contributed by atoms with Gasteiger partial charge in [0.1, 0.15) is 11.8 Å². The van der Waals surface area contributed by atoms with Gasteiger partial charge >= 0.3 is 0 Å². The van der Waals surface area contributed by atoms with E-state index in [1.165, 1.54) is 6.42 Å². The highest BCUT2D eigenvalue weighted by atomic mass is 32.2. The number of benzene rings is 3. The van der Waals surface area contributed by atoms with Crippen LogP contribution in [0.3, 0.4) is 0 Å². The van der Waals surface area contributed by atoms with Crippen molar-refractivity contribution < 1.29 is 14.3 Å². The molecule has 1 atom stereocenters. The van der Waals surface area contributed by atoms with E-state index < -0.39 is 6.04 Å². The summed E-state index contributed by atoms with van der Waals surface area (Å²) in [5, 5.41) is 3.30. The van der Waals surface area contributed by atoms with Crippen molar-refractivity contribution in [3.63, 3.8) is 0 Å². The number of thioether (sulfide) groups is 1. The average Bonchev–Trinajstić information content (AvgIpc) is 2.97. The second-order valence-corrected chi connectivity index (χ2v) is 10.9. The lowest BCUT2D eigenvalue weighted by atomic mass is 9.94. The monoisotopic (exact) mass is 530 g/mol. The first-order chi connectivity index (χ1) is 18.6. The van der Waals surface area contributed by atoms with Crippen LogP contribution in [0.2, 0.25) is 0 Å². The Labute approximate surface area is 231 Å². The Kier molecular flexibility index (Phi) is 10.7. The van der Waals surface area contributed by atoms with Crippen LogP contribution in [0.1, 0.15) is 48.8 Å². The van der Waals surface area contributed by atoms with Gasteiger partial charge in [0.15, 0.2) is 0 Å². The van der Waals surface area contributed by atoms with Crippen LogP contribution < -0.4 is 10.1 Å². The van der Waals surface area contributed by atoms with Crippen LogP contribution in [0.5, 0.6) is 5.75 Å². The largest absolute Gasteiger partial charge is 0.497 e. The summed E-state index contributed by atoms with van der Waals surface area (Å²) < 4.78 is 5.25. The fourth-order valence-electron chi connectivity index (χ4n) is 4.94. The zero-order valence-electron chi connectivity index (χ0n) is 22.2. The highest BCUT2D eigenvalue weighted by Gasteiger charge is 2.31. The third-order valence-corrected chi connectivity index (χ3v) is 8.06. The first kappa shape index (κ1) is 27.8. The number of hydrogen-bond acceptors (Lipinski definition) is 4. The lowest BCUT2D eigenvalue weighted by Gasteiger charge is -2.33. The summed E-state index contributed by atoms with van der Waals surface area (Å²) in [6, 6.07) is 27.5. The van der Waals surface area contributed by atoms with Crippen LogP contribution >= 0.6 is 11.8 Å². The first-order valence-corrected chi connectivity index (χ1v) is 14.7. The number of hydrogen-bond donors (Lipinski definition) is 1. The Morgan fingerprint density at radius 1 is 0.868 bits per heavy atom. The summed E-state index contributed by atoms with van der Waals surface area (Å²) in [6.07, 6.45) is 6.01. The van der Waals surface area contributed by atoms with Crippen LogP contribution in [-0.2, 0) is 28.3 Å². The van der Waals surface area contributed by atoms with E-state index in [0.717, 1.165) is 48.1 Å². The van der Waals surface area contributed by atoms with Gasteiger partial charge in [-0.25, -0.2) is 0 Å². The maximum Gasteiger partial charge on any atom is 0.243 e. The predicted molar refractivity (Wildman–Crippen MR) is 155 cm³/mol. The van der Waals surface area contributed by atoms with Gasteiger partial charge in [0, 0.05) is 24.8 Å². The molecular weight excluding hydrogens is 492 g/mol. The smallest absolute Gasteiger partial charge is 0.243 e. The van der Waals surface area contributed by atoms with Gasteiger partial charge in [0.25, 0.3) is 0 Å². The van der Waals surface area contributed by atoms with E-state index in [1.807, 2.05) is 84.9 Å². The molecular formula is C32H38N2O3S. The van der Waals surface area contributed by atoms with E-state index in [1.54, 1.807) is 23.8 Å². The van der Waals surface area contributed by atoms with Crippen LogP contribution in [0.4, 0.5) is 0 Å². The van der Waals surface area contributed by atoms with Crippen molar-refractivity contribution in [3.8, 4) is 5.75 Å². The molecule has 3 aromatic carbocycles. The highest BCUT2D eigenvalue weighted by molar-refractivity contribution is 7.99. The van der Waals surface area contributed by atoms with Gasteiger partial charge < -0.3 is 15.0 Å². The molecule has 0 radical (unpaired) electrons. The van der Waals surface area contributed by atoms with Crippen LogP contribution in [0.25, 0.3) is 0 Å². The fraction of sp³-hybridized carbons (Fsp3) is 0.375. The third-order valence-electron chi connectivity index (χ3n) is 7.07. The third kappa shape index (κ3) is 8.38. The van der Waals surface area contributed by atoms with Crippen molar-refractivity contribution in [1.82, 2.24) is 10.2 Å². The minimum atomic E-state index is -0.575. The number of nitrogens with zero attached hydrogens (tertiary/aromatic N) is 1. The minimum Gasteiger partial charge on any atom is -0.497 e. The van der Waals surface area contributed by atoms with E-state index >= 15 is 0 Å². The summed E-state index contributed by atoms with van der Waals surface area (Å²) >= 11 is 1.57. The quantitative estimate of drug-likeness (QED) is 0.311. The van der Waals surface area contributed by atoms with Crippen molar-refractivity contribution in [2.75, 3.05) is 12.9 Å². The standard InChI is InChI=1S/C32H38N2O3S/c1-37-29-19-17-27(18-20-29)23-38-24-31(35)34(22-26-13-7-3-8-14-26)30(21-25-11-5-2-6-12-25)32(36)33-28-15-9-4-10-16-28/h2-3,5-8,11-14,17-20,28,30H,4,9-10,15-16,21-24H2,1H3,(H,33,36)/t30-/m1/s1. The van der Waals surface area contributed by atoms with Crippen LogP contribution in [0, 0.1) is 0 Å². The summed E-state index contributed by atoms with van der Waals surface area (Å²) in [5.41, 5.74) is 3.20. The summed E-state index contributed by atoms with van der Waals surface area (Å²) in [7, 11) is 1.65. The predicted octanol–water partition coefficient (Wildman–Crippen LogP) is 6.02. The number of carbonyl (C=O) groups excluding carboxylic acids is 2. The maximum absolute atomic E-state index is 13.8. The average molecular weight is 531 g/mol. The maximum atomic E-state index is 13.8. The molecule has 0 heterocycles. The topological polar surface area (TPSA) is 58.6 Å². The molecule has 5 nitrogen and oxygen atoms in total. The van der Waals surface area contributed by atoms with Crippen molar-refractivity contribution in [1.29, 1.82) is 0 Å². The second-order valence-electron chi connectivity index (χ2n) is 9.90. The second kappa shape index (κ2) is 14.6. The molecule has 6 heteroatoms. The van der Waals surface area contributed by atoms with Crippen molar-refractivity contribution in [3.05, 3.63) is 102 Å². The van der Waals surface area contributed by atoms with E-state index in [-0.39, 0.29) is 17.9 Å². The van der Waals surface area contributed by atoms with E-state index in [4.69, 9.17) is 4.74 Å². The lowest BCUT2D eigenvalue weighted by Crippen LogP contribution is -2.53. The Morgan fingerprint density at radius 2 is 1.50 bits per heavy atom. The number of carbonyl (C=O) groups is 2. The molecule has 0 saturated heterocycles. The Morgan fingerprint density at radius 3 is 2.13 bits per heavy atom. The normalized spacial score (nSPS) is 14.4.